The van der Waals surface area contributed by atoms with Gasteiger partial charge in [0.25, 0.3) is 0 Å². The lowest BCUT2D eigenvalue weighted by atomic mass is 10.3. The second kappa shape index (κ2) is 5.92. The second-order valence-electron chi connectivity index (χ2n) is 4.53. The summed E-state index contributed by atoms with van der Waals surface area (Å²) in [4.78, 5) is 4.26. The highest BCUT2D eigenvalue weighted by Gasteiger charge is 2.16. The van der Waals surface area contributed by atoms with E-state index in [1.165, 1.54) is 4.68 Å². The Labute approximate surface area is 124 Å². The van der Waals surface area contributed by atoms with Gasteiger partial charge in [0.2, 0.25) is 5.16 Å². The van der Waals surface area contributed by atoms with Crippen LogP contribution in [0.15, 0.2) is 53.8 Å². The van der Waals surface area contributed by atoms with E-state index in [-0.39, 0.29) is 5.75 Å². The van der Waals surface area contributed by atoms with Crippen molar-refractivity contribution in [3.05, 3.63) is 59.9 Å². The molecule has 0 saturated heterocycles. The largest absolute Gasteiger partial charge is 0.260 e. The Morgan fingerprint density at radius 2 is 1.95 bits per heavy atom. The number of aryl methyl sites for hydroxylation is 1. The van der Waals surface area contributed by atoms with Gasteiger partial charge < -0.3 is 0 Å². The molecule has 21 heavy (non-hydrogen) atoms. The topological polar surface area (TPSA) is 73.6 Å². The molecule has 1 aromatic carbocycles. The minimum atomic E-state index is -1.36. The van der Waals surface area contributed by atoms with Gasteiger partial charge in [0.1, 0.15) is 0 Å². The molecule has 106 valence electrons. The van der Waals surface area contributed by atoms with Gasteiger partial charge in [-0.25, -0.2) is 0 Å². The second-order valence-corrected chi connectivity index (χ2v) is 5.87. The fraction of sp³-hybridized carbons (Fsp3) is 0.143. The molecular weight excluding hydrogens is 286 g/mol. The zero-order valence-electron chi connectivity index (χ0n) is 11.4. The third kappa shape index (κ3) is 3.03. The molecular formula is C14H13N5OS. The van der Waals surface area contributed by atoms with Gasteiger partial charge in [-0.15, -0.1) is 0 Å². The average molecular weight is 299 g/mol. The molecule has 0 bridgehead atoms. The summed E-state index contributed by atoms with van der Waals surface area (Å²) < 4.78 is 14.0. The third-order valence-electron chi connectivity index (χ3n) is 2.90. The summed E-state index contributed by atoms with van der Waals surface area (Å²) in [5.74, 6) is 0.285. The summed E-state index contributed by atoms with van der Waals surface area (Å²) in [5, 5.41) is 11.7. The summed E-state index contributed by atoms with van der Waals surface area (Å²) in [5.41, 5.74) is 2.60. The van der Waals surface area contributed by atoms with Gasteiger partial charge in [0.15, 0.2) is 0 Å². The van der Waals surface area contributed by atoms with Gasteiger partial charge in [-0.2, -0.15) is 4.68 Å². The maximum Gasteiger partial charge on any atom is 0.244 e. The van der Waals surface area contributed by atoms with Crippen LogP contribution in [-0.4, -0.2) is 29.4 Å². The van der Waals surface area contributed by atoms with Crippen molar-refractivity contribution in [3.63, 3.8) is 0 Å². The molecule has 0 amide bonds. The SMILES string of the molecule is Cc1ccc(CS(=O)c2nnnn2-c2ccccc2)nc1. The van der Waals surface area contributed by atoms with Crippen LogP contribution >= 0.6 is 0 Å². The average Bonchev–Trinajstić information content (AvgIpc) is 3.00. The Balaban J connectivity index is 1.86. The van der Waals surface area contributed by atoms with Gasteiger partial charge >= 0.3 is 0 Å². The number of benzene rings is 1. The number of rotatable bonds is 4. The predicted molar refractivity (Wildman–Crippen MR) is 78.2 cm³/mol. The Hall–Kier alpha value is -2.41. The van der Waals surface area contributed by atoms with E-state index in [9.17, 15) is 4.21 Å². The number of para-hydroxylation sites is 1. The van der Waals surface area contributed by atoms with Crippen molar-refractivity contribution < 1.29 is 4.21 Å². The first-order valence-corrected chi connectivity index (χ1v) is 7.69. The first-order valence-electron chi connectivity index (χ1n) is 6.38. The van der Waals surface area contributed by atoms with Crippen molar-refractivity contribution in [3.8, 4) is 5.69 Å². The minimum absolute atomic E-state index is 0.285. The molecule has 0 N–H and O–H groups in total. The maximum absolute atomic E-state index is 12.5. The van der Waals surface area contributed by atoms with Gasteiger partial charge in [-0.3, -0.25) is 9.19 Å². The lowest BCUT2D eigenvalue weighted by Crippen LogP contribution is -2.08. The molecule has 3 aromatic rings. The fourth-order valence-electron chi connectivity index (χ4n) is 1.83. The summed E-state index contributed by atoms with van der Waals surface area (Å²) in [6, 6.07) is 13.2. The molecule has 0 fully saturated rings. The molecule has 7 heteroatoms. The van der Waals surface area contributed by atoms with E-state index in [4.69, 9.17) is 0 Å². The van der Waals surface area contributed by atoms with Gasteiger partial charge in [-0.1, -0.05) is 29.4 Å². The van der Waals surface area contributed by atoms with Crippen LogP contribution in [0.4, 0.5) is 0 Å². The lowest BCUT2D eigenvalue weighted by Gasteiger charge is -2.04. The first-order chi connectivity index (χ1) is 10.2. The van der Waals surface area contributed by atoms with Crippen LogP contribution < -0.4 is 0 Å². The van der Waals surface area contributed by atoms with E-state index < -0.39 is 10.8 Å². The van der Waals surface area contributed by atoms with Crippen LogP contribution in [0.5, 0.6) is 0 Å². The van der Waals surface area contributed by atoms with E-state index in [2.05, 4.69) is 20.5 Å². The van der Waals surface area contributed by atoms with Gasteiger partial charge in [0.05, 0.1) is 27.9 Å². The van der Waals surface area contributed by atoms with Crippen LogP contribution in [0.2, 0.25) is 0 Å². The monoisotopic (exact) mass is 299 g/mol. The highest BCUT2D eigenvalue weighted by Crippen LogP contribution is 2.13. The Bertz CT molecular complexity index is 755. The summed E-state index contributed by atoms with van der Waals surface area (Å²) in [6.45, 7) is 1.96. The first kappa shape index (κ1) is 13.6. The van der Waals surface area contributed by atoms with Crippen molar-refractivity contribution >= 4 is 10.8 Å². The highest BCUT2D eigenvalue weighted by molar-refractivity contribution is 7.84. The van der Waals surface area contributed by atoms with Crippen molar-refractivity contribution in [1.82, 2.24) is 25.2 Å². The van der Waals surface area contributed by atoms with Crippen LogP contribution in [0.3, 0.4) is 0 Å². The minimum Gasteiger partial charge on any atom is -0.260 e. The Morgan fingerprint density at radius 1 is 1.14 bits per heavy atom. The standard InChI is InChI=1S/C14H13N5OS/c1-11-7-8-12(15-9-11)10-21(20)14-16-17-18-19(14)13-5-3-2-4-6-13/h2-9H,10H2,1H3. The van der Waals surface area contributed by atoms with Crippen LogP contribution in [0.25, 0.3) is 5.69 Å². The number of pyridine rings is 1. The Kier molecular flexibility index (Phi) is 3.83. The molecule has 0 radical (unpaired) electrons. The molecule has 0 spiro atoms. The highest BCUT2D eigenvalue weighted by atomic mass is 32.2. The molecule has 2 aromatic heterocycles. The zero-order chi connectivity index (χ0) is 14.7. The van der Waals surface area contributed by atoms with Gasteiger partial charge in [-0.05, 0) is 41.1 Å². The molecule has 0 aliphatic heterocycles. The molecule has 3 rings (SSSR count). The smallest absolute Gasteiger partial charge is 0.244 e. The third-order valence-corrected chi connectivity index (χ3v) is 4.12. The van der Waals surface area contributed by atoms with E-state index >= 15 is 0 Å². The lowest BCUT2D eigenvalue weighted by molar-refractivity contribution is 0.665. The van der Waals surface area contributed by atoms with Crippen LogP contribution in [0, 0.1) is 6.92 Å². The molecule has 6 nitrogen and oxygen atoms in total. The molecule has 2 heterocycles. The number of aromatic nitrogens is 5. The quantitative estimate of drug-likeness (QED) is 0.732. The fourth-order valence-corrected chi connectivity index (χ4v) is 2.87. The van der Waals surface area contributed by atoms with E-state index in [0.717, 1.165) is 16.9 Å². The van der Waals surface area contributed by atoms with Crippen LogP contribution in [0.1, 0.15) is 11.3 Å². The van der Waals surface area contributed by atoms with E-state index in [0.29, 0.717) is 5.16 Å². The zero-order valence-corrected chi connectivity index (χ0v) is 12.2. The van der Waals surface area contributed by atoms with Crippen molar-refractivity contribution in [2.45, 2.75) is 17.8 Å². The Morgan fingerprint density at radius 3 is 2.67 bits per heavy atom. The van der Waals surface area contributed by atoms with E-state index in [1.54, 1.807) is 6.20 Å². The number of hydrogen-bond donors (Lipinski definition) is 0. The van der Waals surface area contributed by atoms with Crippen molar-refractivity contribution in [2.75, 3.05) is 0 Å². The van der Waals surface area contributed by atoms with E-state index in [1.807, 2.05) is 49.4 Å². The normalized spacial score (nSPS) is 12.2. The molecule has 1 atom stereocenters. The number of nitrogens with zero attached hydrogens (tertiary/aromatic N) is 5. The molecule has 1 unspecified atom stereocenters. The summed E-state index contributed by atoms with van der Waals surface area (Å²) >= 11 is 0. The van der Waals surface area contributed by atoms with Crippen LogP contribution in [-0.2, 0) is 16.6 Å². The number of tetrazole rings is 1. The molecule has 0 saturated carbocycles. The summed E-state index contributed by atoms with van der Waals surface area (Å²) in [7, 11) is -1.36. The van der Waals surface area contributed by atoms with Crippen molar-refractivity contribution in [2.24, 2.45) is 0 Å². The molecule has 0 aliphatic rings. The molecule has 0 aliphatic carbocycles. The van der Waals surface area contributed by atoms with Crippen molar-refractivity contribution in [1.29, 1.82) is 0 Å². The predicted octanol–water partition coefficient (Wildman–Crippen LogP) is 1.67. The van der Waals surface area contributed by atoms with Gasteiger partial charge in [0, 0.05) is 6.20 Å². The number of hydrogen-bond acceptors (Lipinski definition) is 5. The maximum atomic E-state index is 12.5. The summed E-state index contributed by atoms with van der Waals surface area (Å²) in [6.07, 6.45) is 1.76.